The van der Waals surface area contributed by atoms with Gasteiger partial charge in [-0.3, -0.25) is 14.8 Å². The summed E-state index contributed by atoms with van der Waals surface area (Å²) in [5.41, 5.74) is 1.15. The van der Waals surface area contributed by atoms with Crippen molar-refractivity contribution in [2.24, 2.45) is 0 Å². The highest BCUT2D eigenvalue weighted by Crippen LogP contribution is 2.30. The molecule has 0 amide bonds. The molecule has 2 fully saturated rings. The van der Waals surface area contributed by atoms with Crippen LogP contribution in [0.5, 0.6) is 0 Å². The summed E-state index contributed by atoms with van der Waals surface area (Å²) in [4.78, 5) is 12.5. The number of thiophene rings is 1. The Morgan fingerprint density at radius 2 is 2.00 bits per heavy atom. The number of morpholine rings is 1. The van der Waals surface area contributed by atoms with Crippen molar-refractivity contribution in [1.29, 1.82) is 0 Å². The Morgan fingerprint density at radius 1 is 1.12 bits per heavy atom. The van der Waals surface area contributed by atoms with Gasteiger partial charge in [0.1, 0.15) is 0 Å². The lowest BCUT2D eigenvalue weighted by Gasteiger charge is -2.48. The summed E-state index contributed by atoms with van der Waals surface area (Å²) in [5.74, 6) is 0. The lowest BCUT2D eigenvalue weighted by atomic mass is 9.90. The lowest BCUT2D eigenvalue weighted by Crippen LogP contribution is -2.59. The average molecular weight is 358 g/mol. The number of rotatable bonds is 4. The average Bonchev–Trinajstić information content (AvgIpc) is 3.01. The van der Waals surface area contributed by atoms with Crippen LogP contribution in [-0.4, -0.2) is 53.2 Å². The molecule has 5 heteroatoms. The van der Waals surface area contributed by atoms with Crippen LogP contribution in [0.2, 0.25) is 0 Å². The van der Waals surface area contributed by atoms with E-state index in [1.165, 1.54) is 22.6 Å². The van der Waals surface area contributed by atoms with Gasteiger partial charge in [0.25, 0.3) is 0 Å². The molecule has 0 aromatic carbocycles. The van der Waals surface area contributed by atoms with Crippen LogP contribution in [0, 0.1) is 6.92 Å². The van der Waals surface area contributed by atoms with Gasteiger partial charge in [-0.1, -0.05) is 6.07 Å². The van der Waals surface area contributed by atoms with E-state index in [1.54, 1.807) is 0 Å². The zero-order chi connectivity index (χ0) is 17.1. The number of ether oxygens (including phenoxy) is 1. The number of nitrogens with zero attached hydrogens (tertiary/aromatic N) is 3. The van der Waals surface area contributed by atoms with E-state index in [9.17, 15) is 0 Å². The minimum absolute atomic E-state index is 0.00240. The fraction of sp³-hybridized carbons (Fsp3) is 0.550. The highest BCUT2D eigenvalue weighted by Gasteiger charge is 2.40. The summed E-state index contributed by atoms with van der Waals surface area (Å²) in [6, 6.07) is 10.7. The first-order valence-electron chi connectivity index (χ1n) is 9.25. The minimum atomic E-state index is -0.00240. The van der Waals surface area contributed by atoms with Gasteiger partial charge in [0.2, 0.25) is 0 Å². The number of aromatic nitrogens is 1. The molecule has 0 N–H and O–H groups in total. The second kappa shape index (κ2) is 7.54. The number of hydrogen-bond donors (Lipinski definition) is 0. The van der Waals surface area contributed by atoms with Crippen LogP contribution in [0.4, 0.5) is 0 Å². The number of hydrogen-bond acceptors (Lipinski definition) is 5. The SMILES string of the molecule is Cc1ccc(CN2CCO[C@@]3(CCCN(Cc4ccccn4)C3)C2)s1. The van der Waals surface area contributed by atoms with E-state index in [0.29, 0.717) is 0 Å². The van der Waals surface area contributed by atoms with Gasteiger partial charge >= 0.3 is 0 Å². The molecule has 0 bridgehead atoms. The molecular formula is C20H27N3OS. The molecule has 4 rings (SSSR count). The van der Waals surface area contributed by atoms with Crippen LogP contribution in [0.15, 0.2) is 36.5 Å². The highest BCUT2D eigenvalue weighted by atomic mass is 32.1. The molecule has 2 aliphatic rings. The Balaban J connectivity index is 1.39. The van der Waals surface area contributed by atoms with Gasteiger partial charge in [0.05, 0.1) is 17.9 Å². The van der Waals surface area contributed by atoms with E-state index >= 15 is 0 Å². The molecule has 1 atom stereocenters. The van der Waals surface area contributed by atoms with E-state index in [-0.39, 0.29) is 5.60 Å². The van der Waals surface area contributed by atoms with Crippen LogP contribution in [0.25, 0.3) is 0 Å². The fourth-order valence-corrected chi connectivity index (χ4v) is 5.07. The third-order valence-corrected chi connectivity index (χ3v) is 6.22. The van der Waals surface area contributed by atoms with Gasteiger partial charge in [-0.25, -0.2) is 0 Å². The van der Waals surface area contributed by atoms with E-state index in [4.69, 9.17) is 4.74 Å². The summed E-state index contributed by atoms with van der Waals surface area (Å²) in [6.07, 6.45) is 4.27. The van der Waals surface area contributed by atoms with Crippen molar-refractivity contribution in [3.63, 3.8) is 0 Å². The molecule has 134 valence electrons. The summed E-state index contributed by atoms with van der Waals surface area (Å²) in [7, 11) is 0. The summed E-state index contributed by atoms with van der Waals surface area (Å²) in [6.45, 7) is 9.27. The quantitative estimate of drug-likeness (QED) is 0.839. The topological polar surface area (TPSA) is 28.6 Å². The van der Waals surface area contributed by atoms with Crippen LogP contribution in [0.3, 0.4) is 0 Å². The molecule has 25 heavy (non-hydrogen) atoms. The summed E-state index contributed by atoms with van der Waals surface area (Å²) >= 11 is 1.92. The zero-order valence-electron chi connectivity index (χ0n) is 15.0. The van der Waals surface area contributed by atoms with E-state index in [1.807, 2.05) is 23.6 Å². The van der Waals surface area contributed by atoms with E-state index in [0.717, 1.165) is 51.6 Å². The number of pyridine rings is 1. The second-order valence-corrected chi connectivity index (χ2v) is 8.76. The van der Waals surface area contributed by atoms with Gasteiger partial charge in [0, 0.05) is 48.7 Å². The zero-order valence-corrected chi connectivity index (χ0v) is 15.8. The molecular weight excluding hydrogens is 330 g/mol. The van der Waals surface area contributed by atoms with Crippen molar-refractivity contribution in [1.82, 2.24) is 14.8 Å². The molecule has 0 radical (unpaired) electrons. The summed E-state index contributed by atoms with van der Waals surface area (Å²) < 4.78 is 6.35. The molecule has 2 aromatic rings. The third-order valence-electron chi connectivity index (χ3n) is 5.23. The highest BCUT2D eigenvalue weighted by molar-refractivity contribution is 7.11. The molecule has 4 heterocycles. The molecule has 2 aromatic heterocycles. The van der Waals surface area contributed by atoms with Gasteiger partial charge in [-0.05, 0) is 50.6 Å². The molecule has 0 aliphatic carbocycles. The van der Waals surface area contributed by atoms with Gasteiger partial charge in [0.15, 0.2) is 0 Å². The van der Waals surface area contributed by atoms with Crippen molar-refractivity contribution >= 4 is 11.3 Å². The van der Waals surface area contributed by atoms with E-state index < -0.39 is 0 Å². The van der Waals surface area contributed by atoms with Crippen LogP contribution < -0.4 is 0 Å². The molecule has 2 saturated heterocycles. The third kappa shape index (κ3) is 4.29. The monoisotopic (exact) mass is 357 g/mol. The van der Waals surface area contributed by atoms with Gasteiger partial charge in [-0.15, -0.1) is 11.3 Å². The van der Waals surface area contributed by atoms with Crippen LogP contribution >= 0.6 is 11.3 Å². The maximum Gasteiger partial charge on any atom is 0.0936 e. The first-order valence-corrected chi connectivity index (χ1v) is 10.1. The Labute approximate surface area is 154 Å². The number of piperidine rings is 1. The second-order valence-electron chi connectivity index (χ2n) is 7.39. The molecule has 2 aliphatic heterocycles. The van der Waals surface area contributed by atoms with Crippen molar-refractivity contribution in [3.05, 3.63) is 52.0 Å². The minimum Gasteiger partial charge on any atom is -0.371 e. The standard InChI is InChI=1S/C20H27N3OS/c1-17-6-7-19(25-17)14-23-11-12-24-20(16-23)8-4-10-22(15-20)13-18-5-2-3-9-21-18/h2-3,5-7,9H,4,8,10-16H2,1H3/t20-/m1/s1. The lowest BCUT2D eigenvalue weighted by molar-refractivity contribution is -0.142. The Hall–Kier alpha value is -1.27. The van der Waals surface area contributed by atoms with Crippen molar-refractivity contribution in [2.75, 3.05) is 32.8 Å². The van der Waals surface area contributed by atoms with E-state index in [2.05, 4.69) is 46.0 Å². The molecule has 1 spiro atoms. The van der Waals surface area contributed by atoms with Crippen molar-refractivity contribution in [3.8, 4) is 0 Å². The number of likely N-dealkylation sites (tertiary alicyclic amines) is 1. The maximum absolute atomic E-state index is 6.35. The molecule has 0 saturated carbocycles. The largest absolute Gasteiger partial charge is 0.371 e. The molecule has 0 unspecified atom stereocenters. The maximum atomic E-state index is 6.35. The normalized spacial score (nSPS) is 25.5. The van der Waals surface area contributed by atoms with Crippen molar-refractivity contribution < 1.29 is 4.74 Å². The van der Waals surface area contributed by atoms with Crippen molar-refractivity contribution in [2.45, 2.75) is 38.5 Å². The molecule has 4 nitrogen and oxygen atoms in total. The smallest absolute Gasteiger partial charge is 0.0936 e. The predicted octanol–water partition coefficient (Wildman–Crippen LogP) is 3.32. The first-order chi connectivity index (χ1) is 12.2. The van der Waals surface area contributed by atoms with Crippen LogP contribution in [0.1, 0.15) is 28.3 Å². The summed E-state index contributed by atoms with van der Waals surface area (Å²) in [5, 5.41) is 0. The predicted molar refractivity (Wildman–Crippen MR) is 102 cm³/mol. The Kier molecular flexibility index (Phi) is 5.17. The van der Waals surface area contributed by atoms with Gasteiger partial charge < -0.3 is 4.74 Å². The Bertz CT molecular complexity index is 685. The Morgan fingerprint density at radius 3 is 2.76 bits per heavy atom. The van der Waals surface area contributed by atoms with Gasteiger partial charge in [-0.2, -0.15) is 0 Å². The van der Waals surface area contributed by atoms with Crippen LogP contribution in [-0.2, 0) is 17.8 Å². The first kappa shape index (κ1) is 17.2. The number of aryl methyl sites for hydroxylation is 1. The fourth-order valence-electron chi connectivity index (χ4n) is 4.14.